The third-order valence-corrected chi connectivity index (χ3v) is 3.37. The average Bonchev–Trinajstić information content (AvgIpc) is 2.37. The quantitative estimate of drug-likeness (QED) is 0.647. The highest BCUT2D eigenvalue weighted by molar-refractivity contribution is 9.10. The van der Waals surface area contributed by atoms with Crippen molar-refractivity contribution in [2.75, 3.05) is 5.73 Å². The van der Waals surface area contributed by atoms with Crippen LogP contribution in [0.2, 0.25) is 5.02 Å². The highest BCUT2D eigenvalue weighted by atomic mass is 79.9. The van der Waals surface area contributed by atoms with Crippen LogP contribution in [0.5, 0.6) is 11.5 Å². The Bertz CT molecular complexity index is 694. The van der Waals surface area contributed by atoms with Gasteiger partial charge in [-0.2, -0.15) is 0 Å². The molecule has 104 valence electrons. The van der Waals surface area contributed by atoms with E-state index in [1.807, 2.05) is 0 Å². The molecule has 2 aromatic carbocycles. The van der Waals surface area contributed by atoms with E-state index in [0.29, 0.717) is 10.2 Å². The van der Waals surface area contributed by atoms with Crippen molar-refractivity contribution in [2.24, 2.45) is 5.73 Å². The highest BCUT2D eigenvalue weighted by Gasteiger charge is 2.14. The van der Waals surface area contributed by atoms with Gasteiger partial charge < -0.3 is 16.2 Å². The number of benzene rings is 2. The fraction of sp³-hybridized carbons (Fsp3) is 0. The molecule has 0 fully saturated rings. The second-order valence-corrected chi connectivity index (χ2v) is 5.18. The number of ether oxygens (including phenoxy) is 1. The lowest BCUT2D eigenvalue weighted by Crippen LogP contribution is -2.12. The van der Waals surface area contributed by atoms with E-state index in [-0.39, 0.29) is 22.1 Å². The summed E-state index contributed by atoms with van der Waals surface area (Å²) >= 11 is 8.84. The minimum Gasteiger partial charge on any atom is -0.455 e. The number of hydrogen-bond donors (Lipinski definition) is 2. The zero-order valence-electron chi connectivity index (χ0n) is 9.99. The molecule has 0 radical (unpaired) electrons. The van der Waals surface area contributed by atoms with Crippen molar-refractivity contribution in [3.05, 3.63) is 51.2 Å². The first-order valence-corrected chi connectivity index (χ1v) is 6.57. The van der Waals surface area contributed by atoms with Crippen LogP contribution in [-0.4, -0.2) is 5.91 Å². The topological polar surface area (TPSA) is 78.3 Å². The number of primary amides is 1. The van der Waals surface area contributed by atoms with E-state index in [1.54, 1.807) is 6.07 Å². The molecule has 2 rings (SSSR count). The van der Waals surface area contributed by atoms with Crippen molar-refractivity contribution < 1.29 is 13.9 Å². The summed E-state index contributed by atoms with van der Waals surface area (Å²) in [6.45, 7) is 0. The Hall–Kier alpha value is -1.79. The van der Waals surface area contributed by atoms with Crippen molar-refractivity contribution in [2.45, 2.75) is 0 Å². The van der Waals surface area contributed by atoms with E-state index >= 15 is 0 Å². The van der Waals surface area contributed by atoms with Gasteiger partial charge in [-0.15, -0.1) is 0 Å². The molecule has 0 aliphatic carbocycles. The third-order valence-electron chi connectivity index (χ3n) is 2.46. The molecular weight excluding hydrogens is 351 g/mol. The predicted molar refractivity (Wildman–Crippen MR) is 78.6 cm³/mol. The predicted octanol–water partition coefficient (Wildman–Crippen LogP) is 3.72. The maximum Gasteiger partial charge on any atom is 0.252 e. The van der Waals surface area contributed by atoms with Gasteiger partial charge in [-0.25, -0.2) is 4.39 Å². The monoisotopic (exact) mass is 358 g/mol. The molecule has 0 saturated carbocycles. The second-order valence-electron chi connectivity index (χ2n) is 3.92. The number of carbonyl (C=O) groups excluding carboxylic acids is 1. The minimum absolute atomic E-state index is 0.0448. The smallest absolute Gasteiger partial charge is 0.252 e. The minimum atomic E-state index is -0.696. The summed E-state index contributed by atoms with van der Waals surface area (Å²) in [5, 5.41) is -0.0448. The van der Waals surface area contributed by atoms with Gasteiger partial charge in [0.05, 0.1) is 15.1 Å². The summed E-state index contributed by atoms with van der Waals surface area (Å²) in [5.74, 6) is -0.993. The fourth-order valence-corrected chi connectivity index (χ4v) is 2.25. The summed E-state index contributed by atoms with van der Waals surface area (Å²) < 4.78 is 19.4. The van der Waals surface area contributed by atoms with Gasteiger partial charge >= 0.3 is 0 Å². The van der Waals surface area contributed by atoms with Crippen molar-refractivity contribution >= 4 is 39.1 Å². The maximum absolute atomic E-state index is 13.4. The molecule has 20 heavy (non-hydrogen) atoms. The molecular formula is C13H9BrClFN2O2. The third kappa shape index (κ3) is 3.02. The van der Waals surface area contributed by atoms with Gasteiger partial charge in [0, 0.05) is 11.8 Å². The van der Waals surface area contributed by atoms with Gasteiger partial charge in [0.2, 0.25) is 0 Å². The number of carbonyl (C=O) groups is 1. The highest BCUT2D eigenvalue weighted by Crippen LogP contribution is 2.35. The van der Waals surface area contributed by atoms with E-state index in [9.17, 15) is 9.18 Å². The van der Waals surface area contributed by atoms with Gasteiger partial charge in [-0.3, -0.25) is 4.79 Å². The molecule has 0 aliphatic heterocycles. The van der Waals surface area contributed by atoms with Crippen LogP contribution in [0.1, 0.15) is 10.4 Å². The van der Waals surface area contributed by atoms with Crippen molar-refractivity contribution in [3.63, 3.8) is 0 Å². The number of anilines is 1. The lowest BCUT2D eigenvalue weighted by molar-refractivity contribution is 0.0998. The van der Waals surface area contributed by atoms with Crippen LogP contribution < -0.4 is 16.2 Å². The summed E-state index contributed by atoms with van der Waals surface area (Å²) in [6.07, 6.45) is 0. The molecule has 4 nitrogen and oxygen atoms in total. The van der Waals surface area contributed by atoms with Crippen LogP contribution in [0.4, 0.5) is 10.1 Å². The standard InChI is InChI=1S/C13H9BrClFN2O2/c14-8-4-9(15)10(16)5-12(8)20-11-2-1-6(17)3-7(11)13(18)19/h1-5H,17H2,(H2,18,19). The van der Waals surface area contributed by atoms with Gasteiger partial charge in [0.25, 0.3) is 5.91 Å². The molecule has 0 saturated heterocycles. The van der Waals surface area contributed by atoms with Gasteiger partial charge in [0.1, 0.15) is 17.3 Å². The fourth-order valence-electron chi connectivity index (χ4n) is 1.53. The molecule has 0 spiro atoms. The summed E-state index contributed by atoms with van der Waals surface area (Å²) in [4.78, 5) is 11.3. The van der Waals surface area contributed by atoms with E-state index in [1.165, 1.54) is 18.2 Å². The Balaban J connectivity index is 2.45. The van der Waals surface area contributed by atoms with Crippen molar-refractivity contribution in [1.82, 2.24) is 0 Å². The Morgan fingerprint density at radius 1 is 1.25 bits per heavy atom. The molecule has 2 aromatic rings. The molecule has 4 N–H and O–H groups in total. The van der Waals surface area contributed by atoms with E-state index in [0.717, 1.165) is 6.07 Å². The molecule has 0 heterocycles. The Morgan fingerprint density at radius 2 is 1.95 bits per heavy atom. The van der Waals surface area contributed by atoms with E-state index in [4.69, 9.17) is 27.8 Å². The first-order valence-electron chi connectivity index (χ1n) is 5.40. The first-order chi connectivity index (χ1) is 9.38. The zero-order chi connectivity index (χ0) is 14.9. The van der Waals surface area contributed by atoms with E-state index < -0.39 is 11.7 Å². The molecule has 0 aromatic heterocycles. The van der Waals surface area contributed by atoms with Gasteiger partial charge in [-0.1, -0.05) is 11.6 Å². The zero-order valence-corrected chi connectivity index (χ0v) is 12.3. The Kier molecular flexibility index (Phi) is 4.15. The van der Waals surface area contributed by atoms with Crippen LogP contribution in [0.3, 0.4) is 0 Å². The van der Waals surface area contributed by atoms with Crippen LogP contribution in [0.25, 0.3) is 0 Å². The first kappa shape index (κ1) is 14.6. The molecule has 0 aliphatic rings. The van der Waals surface area contributed by atoms with Gasteiger partial charge in [-0.05, 0) is 40.2 Å². The number of rotatable bonds is 3. The second kappa shape index (κ2) is 5.68. The van der Waals surface area contributed by atoms with Crippen LogP contribution in [-0.2, 0) is 0 Å². The van der Waals surface area contributed by atoms with Gasteiger partial charge in [0.15, 0.2) is 0 Å². The average molecular weight is 360 g/mol. The number of nitrogens with two attached hydrogens (primary N) is 2. The number of hydrogen-bond acceptors (Lipinski definition) is 3. The summed E-state index contributed by atoms with van der Waals surface area (Å²) in [5.41, 5.74) is 11.3. The lowest BCUT2D eigenvalue weighted by atomic mass is 10.1. The lowest BCUT2D eigenvalue weighted by Gasteiger charge is -2.11. The molecule has 7 heteroatoms. The Morgan fingerprint density at radius 3 is 2.60 bits per heavy atom. The Labute approximate surface area is 127 Å². The molecule has 0 bridgehead atoms. The number of halogens is 3. The van der Waals surface area contributed by atoms with Crippen LogP contribution >= 0.6 is 27.5 Å². The summed E-state index contributed by atoms with van der Waals surface area (Å²) in [7, 11) is 0. The SMILES string of the molecule is NC(=O)c1cc(N)ccc1Oc1cc(F)c(Cl)cc1Br. The van der Waals surface area contributed by atoms with Crippen LogP contribution in [0.15, 0.2) is 34.8 Å². The molecule has 0 unspecified atom stereocenters. The van der Waals surface area contributed by atoms with Crippen molar-refractivity contribution in [3.8, 4) is 11.5 Å². The molecule has 1 amide bonds. The largest absolute Gasteiger partial charge is 0.455 e. The normalized spacial score (nSPS) is 10.3. The number of nitrogen functional groups attached to an aromatic ring is 1. The summed E-state index contributed by atoms with van der Waals surface area (Å²) in [6, 6.07) is 6.87. The molecule has 0 atom stereocenters. The maximum atomic E-state index is 13.4. The van der Waals surface area contributed by atoms with E-state index in [2.05, 4.69) is 15.9 Å². The van der Waals surface area contributed by atoms with Crippen LogP contribution in [0, 0.1) is 5.82 Å². The van der Waals surface area contributed by atoms with Crippen molar-refractivity contribution in [1.29, 1.82) is 0 Å². The number of amides is 1.